The van der Waals surface area contributed by atoms with Gasteiger partial charge in [0.15, 0.2) is 0 Å². The second-order valence-electron chi connectivity index (χ2n) is 5.01. The molecule has 0 bridgehead atoms. The molecule has 0 N–H and O–H groups in total. The minimum atomic E-state index is -0.0990. The molecule has 0 amide bonds. The molecular weight excluding hydrogens is 178 g/mol. The number of nitriles is 1. The summed E-state index contributed by atoms with van der Waals surface area (Å²) in [4.78, 5) is 0. The van der Waals surface area contributed by atoms with Gasteiger partial charge in [0.05, 0.1) is 6.07 Å². The van der Waals surface area contributed by atoms with Crippen molar-refractivity contribution in [3.63, 3.8) is 0 Å². The molecule has 0 aromatic rings. The Morgan fingerprint density at radius 2 is 2.08 bits per heavy atom. The van der Waals surface area contributed by atoms with Gasteiger partial charge in [-0.25, -0.2) is 0 Å². The molecule has 1 aliphatic carbocycles. The van der Waals surface area contributed by atoms with Crippen molar-refractivity contribution < 1.29 is 0 Å². The van der Waals surface area contributed by atoms with Crippen molar-refractivity contribution in [1.82, 2.24) is 0 Å². The van der Waals surface area contributed by atoms with E-state index in [1.807, 2.05) is 11.8 Å². The Morgan fingerprint density at radius 3 is 2.38 bits per heavy atom. The molecule has 0 aliphatic heterocycles. The highest BCUT2D eigenvalue weighted by Gasteiger charge is 2.43. The van der Waals surface area contributed by atoms with E-state index in [-0.39, 0.29) is 9.49 Å². The normalized spacial score (nSPS) is 34.5. The molecule has 0 saturated heterocycles. The van der Waals surface area contributed by atoms with Crippen molar-refractivity contribution in [2.24, 2.45) is 5.92 Å². The van der Waals surface area contributed by atoms with Crippen molar-refractivity contribution >= 4 is 11.8 Å². The first-order chi connectivity index (χ1) is 5.90. The molecule has 2 atom stereocenters. The minimum Gasteiger partial charge on any atom is -0.197 e. The van der Waals surface area contributed by atoms with Crippen LogP contribution in [0, 0.1) is 17.2 Å². The molecular formula is C11H19NS. The number of hydrogen-bond acceptors (Lipinski definition) is 2. The fourth-order valence-electron chi connectivity index (χ4n) is 2.04. The first-order valence-electron chi connectivity index (χ1n) is 5.01. The topological polar surface area (TPSA) is 23.8 Å². The molecule has 2 heteroatoms. The molecule has 1 saturated carbocycles. The van der Waals surface area contributed by atoms with Crippen molar-refractivity contribution in [2.75, 3.05) is 0 Å². The van der Waals surface area contributed by atoms with Gasteiger partial charge in [0.25, 0.3) is 0 Å². The average molecular weight is 197 g/mol. The van der Waals surface area contributed by atoms with Crippen LogP contribution in [0.1, 0.15) is 47.0 Å². The lowest BCUT2D eigenvalue weighted by molar-refractivity contribution is 0.547. The van der Waals surface area contributed by atoms with E-state index < -0.39 is 0 Å². The maximum absolute atomic E-state index is 9.28. The molecule has 1 fully saturated rings. The lowest BCUT2D eigenvalue weighted by Gasteiger charge is -2.32. The standard InChI is InChI=1S/C11H19NS/c1-9-6-5-7-11(9,8-12)13-10(2,3)4/h9H,5-7H2,1-4H3. The van der Waals surface area contributed by atoms with E-state index in [9.17, 15) is 5.26 Å². The maximum Gasteiger partial charge on any atom is 0.105 e. The van der Waals surface area contributed by atoms with Crippen molar-refractivity contribution in [3.05, 3.63) is 0 Å². The molecule has 74 valence electrons. The summed E-state index contributed by atoms with van der Waals surface area (Å²) in [6.45, 7) is 8.81. The predicted molar refractivity (Wildman–Crippen MR) is 58.7 cm³/mol. The zero-order chi connectivity index (χ0) is 10.1. The fraction of sp³-hybridized carbons (Fsp3) is 0.909. The Balaban J connectivity index is 2.78. The van der Waals surface area contributed by atoms with Crippen LogP contribution in [0.4, 0.5) is 0 Å². The van der Waals surface area contributed by atoms with Crippen molar-refractivity contribution in [3.8, 4) is 6.07 Å². The smallest absolute Gasteiger partial charge is 0.105 e. The molecule has 2 unspecified atom stereocenters. The van der Waals surface area contributed by atoms with Gasteiger partial charge in [-0.2, -0.15) is 5.26 Å². The summed E-state index contributed by atoms with van der Waals surface area (Å²) in [5.74, 6) is 0.557. The lowest BCUT2D eigenvalue weighted by atomic mass is 9.99. The van der Waals surface area contributed by atoms with Gasteiger partial charge in [-0.15, -0.1) is 11.8 Å². The fourth-order valence-corrected chi connectivity index (χ4v) is 3.74. The number of thioether (sulfide) groups is 1. The molecule has 1 nitrogen and oxygen atoms in total. The number of rotatable bonds is 1. The summed E-state index contributed by atoms with van der Waals surface area (Å²) in [7, 11) is 0. The third kappa shape index (κ3) is 2.40. The van der Waals surface area contributed by atoms with Crippen molar-refractivity contribution in [1.29, 1.82) is 5.26 Å². The van der Waals surface area contributed by atoms with E-state index in [0.717, 1.165) is 6.42 Å². The highest BCUT2D eigenvalue weighted by Crippen LogP contribution is 2.49. The van der Waals surface area contributed by atoms with Crippen LogP contribution in [-0.4, -0.2) is 9.49 Å². The highest BCUT2D eigenvalue weighted by atomic mass is 32.2. The zero-order valence-corrected chi connectivity index (χ0v) is 9.87. The van der Waals surface area contributed by atoms with E-state index in [1.54, 1.807) is 0 Å². The van der Waals surface area contributed by atoms with E-state index in [1.165, 1.54) is 12.8 Å². The second kappa shape index (κ2) is 3.53. The van der Waals surface area contributed by atoms with Crippen LogP contribution in [0.3, 0.4) is 0 Å². The van der Waals surface area contributed by atoms with Gasteiger partial charge in [-0.3, -0.25) is 0 Å². The molecule has 0 aromatic carbocycles. The molecule has 1 aliphatic rings. The maximum atomic E-state index is 9.28. The molecule has 0 spiro atoms. The summed E-state index contributed by atoms with van der Waals surface area (Å²) in [5.41, 5.74) is 0. The monoisotopic (exact) mass is 197 g/mol. The predicted octanol–water partition coefficient (Wildman–Crippen LogP) is 3.60. The van der Waals surface area contributed by atoms with Gasteiger partial charge in [-0.1, -0.05) is 34.1 Å². The Morgan fingerprint density at radius 1 is 1.46 bits per heavy atom. The molecule has 0 aromatic heterocycles. The Hall–Kier alpha value is -0.160. The first-order valence-corrected chi connectivity index (χ1v) is 5.83. The summed E-state index contributed by atoms with van der Waals surface area (Å²) < 4.78 is 0.104. The van der Waals surface area contributed by atoms with Gasteiger partial charge >= 0.3 is 0 Å². The van der Waals surface area contributed by atoms with Crippen LogP contribution in [-0.2, 0) is 0 Å². The highest BCUT2D eigenvalue weighted by molar-refractivity contribution is 8.02. The average Bonchev–Trinajstić information content (AvgIpc) is 2.30. The summed E-state index contributed by atoms with van der Waals surface area (Å²) in [6, 6.07) is 2.55. The molecule has 1 rings (SSSR count). The lowest BCUT2D eigenvalue weighted by Crippen LogP contribution is -2.31. The van der Waals surface area contributed by atoms with Gasteiger partial charge in [0.2, 0.25) is 0 Å². The summed E-state index contributed by atoms with van der Waals surface area (Å²) >= 11 is 1.86. The largest absolute Gasteiger partial charge is 0.197 e. The van der Waals surface area contributed by atoms with Gasteiger partial charge in [0.1, 0.15) is 4.75 Å². The van der Waals surface area contributed by atoms with Crippen LogP contribution >= 0.6 is 11.8 Å². The molecule has 0 radical (unpaired) electrons. The summed E-state index contributed by atoms with van der Waals surface area (Å²) in [6.07, 6.45) is 3.51. The van der Waals surface area contributed by atoms with Crippen LogP contribution in [0.15, 0.2) is 0 Å². The zero-order valence-electron chi connectivity index (χ0n) is 9.05. The minimum absolute atomic E-state index is 0.0990. The van der Waals surface area contributed by atoms with E-state index in [0.29, 0.717) is 5.92 Å². The van der Waals surface area contributed by atoms with E-state index in [2.05, 4.69) is 33.8 Å². The van der Waals surface area contributed by atoms with Crippen LogP contribution in [0.25, 0.3) is 0 Å². The third-order valence-electron chi connectivity index (χ3n) is 2.66. The van der Waals surface area contributed by atoms with Gasteiger partial charge in [0, 0.05) is 4.75 Å². The SMILES string of the molecule is CC1CCCC1(C#N)SC(C)(C)C. The number of nitrogens with zero attached hydrogens (tertiary/aromatic N) is 1. The Bertz CT molecular complexity index is 223. The summed E-state index contributed by atoms with van der Waals surface area (Å²) in [5, 5.41) is 9.28. The number of hydrogen-bond donors (Lipinski definition) is 0. The van der Waals surface area contributed by atoms with Crippen LogP contribution in [0.2, 0.25) is 0 Å². The molecule has 13 heavy (non-hydrogen) atoms. The molecule has 0 heterocycles. The van der Waals surface area contributed by atoms with Gasteiger partial charge in [-0.05, 0) is 18.8 Å². The third-order valence-corrected chi connectivity index (χ3v) is 4.33. The van der Waals surface area contributed by atoms with Crippen LogP contribution in [0.5, 0.6) is 0 Å². The Labute approximate surface area is 85.9 Å². The first kappa shape index (κ1) is 10.9. The van der Waals surface area contributed by atoms with Crippen molar-refractivity contribution in [2.45, 2.75) is 56.5 Å². The second-order valence-corrected chi connectivity index (χ2v) is 7.17. The Kier molecular flexibility index (Phi) is 2.97. The quantitative estimate of drug-likeness (QED) is 0.641. The van der Waals surface area contributed by atoms with E-state index >= 15 is 0 Å². The van der Waals surface area contributed by atoms with E-state index in [4.69, 9.17) is 0 Å². The van der Waals surface area contributed by atoms with Gasteiger partial charge < -0.3 is 0 Å². The van der Waals surface area contributed by atoms with Crippen LogP contribution < -0.4 is 0 Å².